The minimum absolute atomic E-state index is 0.444. The molecule has 2 atom stereocenters. The number of rotatable bonds is 8. The molecule has 0 saturated heterocycles. The van der Waals surface area contributed by atoms with Crippen molar-refractivity contribution < 1.29 is 0 Å². The first-order chi connectivity index (χ1) is 9.02. The third kappa shape index (κ3) is 6.24. The maximum absolute atomic E-state index is 3.69. The van der Waals surface area contributed by atoms with Gasteiger partial charge in [0, 0.05) is 12.1 Å². The second-order valence-corrected chi connectivity index (χ2v) is 6.27. The van der Waals surface area contributed by atoms with Gasteiger partial charge in [0.1, 0.15) is 0 Å². The SMILES string of the molecule is CCCCC(C)NC(C)c1ccc(CC(C)C)cc1. The Morgan fingerprint density at radius 3 is 2.16 bits per heavy atom. The van der Waals surface area contributed by atoms with Gasteiger partial charge in [0.15, 0.2) is 0 Å². The van der Waals surface area contributed by atoms with E-state index in [2.05, 4.69) is 64.2 Å². The summed E-state index contributed by atoms with van der Waals surface area (Å²) in [6.07, 6.45) is 5.04. The predicted octanol–water partition coefficient (Wildman–Crippen LogP) is 5.11. The van der Waals surface area contributed by atoms with Crippen LogP contribution in [0.2, 0.25) is 0 Å². The molecule has 0 aliphatic heterocycles. The van der Waals surface area contributed by atoms with Crippen LogP contribution in [0, 0.1) is 5.92 Å². The molecule has 19 heavy (non-hydrogen) atoms. The molecular formula is C18H31N. The first-order valence-corrected chi connectivity index (χ1v) is 7.87. The third-order valence-electron chi connectivity index (χ3n) is 3.65. The number of hydrogen-bond acceptors (Lipinski definition) is 1. The summed E-state index contributed by atoms with van der Waals surface area (Å²) in [6.45, 7) is 11.4. The third-order valence-corrected chi connectivity index (χ3v) is 3.65. The Morgan fingerprint density at radius 1 is 1.00 bits per heavy atom. The fourth-order valence-electron chi connectivity index (χ4n) is 2.53. The van der Waals surface area contributed by atoms with Crippen LogP contribution in [0.25, 0.3) is 0 Å². The van der Waals surface area contributed by atoms with Gasteiger partial charge in [0.25, 0.3) is 0 Å². The van der Waals surface area contributed by atoms with E-state index in [-0.39, 0.29) is 0 Å². The molecule has 0 aliphatic carbocycles. The van der Waals surface area contributed by atoms with E-state index >= 15 is 0 Å². The van der Waals surface area contributed by atoms with Crippen LogP contribution in [0.4, 0.5) is 0 Å². The lowest BCUT2D eigenvalue weighted by atomic mass is 9.99. The molecule has 1 heteroatoms. The molecule has 0 aromatic heterocycles. The van der Waals surface area contributed by atoms with Crippen molar-refractivity contribution >= 4 is 0 Å². The molecule has 0 amide bonds. The average molecular weight is 261 g/mol. The molecule has 2 unspecified atom stereocenters. The Hall–Kier alpha value is -0.820. The number of benzene rings is 1. The van der Waals surface area contributed by atoms with Crippen LogP contribution in [0.5, 0.6) is 0 Å². The van der Waals surface area contributed by atoms with Gasteiger partial charge in [0.2, 0.25) is 0 Å². The molecule has 108 valence electrons. The number of unbranched alkanes of at least 4 members (excludes halogenated alkanes) is 1. The van der Waals surface area contributed by atoms with Crippen molar-refractivity contribution in [2.24, 2.45) is 5.92 Å². The zero-order valence-electron chi connectivity index (χ0n) is 13.4. The number of nitrogens with one attached hydrogen (secondary N) is 1. The van der Waals surface area contributed by atoms with Gasteiger partial charge in [-0.05, 0) is 43.7 Å². The lowest BCUT2D eigenvalue weighted by Crippen LogP contribution is -2.28. The van der Waals surface area contributed by atoms with Crippen molar-refractivity contribution in [3.8, 4) is 0 Å². The van der Waals surface area contributed by atoms with Crippen LogP contribution in [0.3, 0.4) is 0 Å². The lowest BCUT2D eigenvalue weighted by Gasteiger charge is -2.20. The Labute approximate surface area is 119 Å². The Bertz CT molecular complexity index is 339. The van der Waals surface area contributed by atoms with Crippen LogP contribution < -0.4 is 5.32 Å². The maximum atomic E-state index is 3.69. The largest absolute Gasteiger partial charge is 0.308 e. The highest BCUT2D eigenvalue weighted by Gasteiger charge is 2.09. The molecule has 1 N–H and O–H groups in total. The molecule has 0 saturated carbocycles. The first-order valence-electron chi connectivity index (χ1n) is 7.87. The highest BCUT2D eigenvalue weighted by Crippen LogP contribution is 2.16. The predicted molar refractivity (Wildman–Crippen MR) is 85.5 cm³/mol. The molecule has 0 aliphatic rings. The van der Waals surface area contributed by atoms with Crippen molar-refractivity contribution in [3.63, 3.8) is 0 Å². The summed E-state index contributed by atoms with van der Waals surface area (Å²) in [7, 11) is 0. The average Bonchev–Trinajstić information content (AvgIpc) is 2.36. The summed E-state index contributed by atoms with van der Waals surface area (Å²) in [6, 6.07) is 10.2. The van der Waals surface area contributed by atoms with E-state index in [1.165, 1.54) is 36.8 Å². The van der Waals surface area contributed by atoms with Gasteiger partial charge in [-0.3, -0.25) is 0 Å². The van der Waals surface area contributed by atoms with Crippen LogP contribution in [-0.2, 0) is 6.42 Å². The van der Waals surface area contributed by atoms with Gasteiger partial charge in [-0.25, -0.2) is 0 Å². The van der Waals surface area contributed by atoms with Crippen molar-refractivity contribution in [3.05, 3.63) is 35.4 Å². The fraction of sp³-hybridized carbons (Fsp3) is 0.667. The standard InChI is InChI=1S/C18H31N/c1-6-7-8-15(4)19-16(5)18-11-9-17(10-12-18)13-14(2)3/h9-12,14-16,19H,6-8,13H2,1-5H3. The van der Waals surface area contributed by atoms with Crippen molar-refractivity contribution in [1.82, 2.24) is 5.32 Å². The van der Waals surface area contributed by atoms with E-state index < -0.39 is 0 Å². The zero-order valence-corrected chi connectivity index (χ0v) is 13.4. The second kappa shape index (κ2) is 8.37. The molecule has 0 radical (unpaired) electrons. The van der Waals surface area contributed by atoms with Crippen LogP contribution in [-0.4, -0.2) is 6.04 Å². The second-order valence-electron chi connectivity index (χ2n) is 6.27. The smallest absolute Gasteiger partial charge is 0.0294 e. The van der Waals surface area contributed by atoms with Crippen LogP contribution >= 0.6 is 0 Å². The number of hydrogen-bond donors (Lipinski definition) is 1. The van der Waals surface area contributed by atoms with E-state index in [4.69, 9.17) is 0 Å². The molecule has 1 rings (SSSR count). The van der Waals surface area contributed by atoms with Crippen molar-refractivity contribution in [2.75, 3.05) is 0 Å². The minimum Gasteiger partial charge on any atom is -0.308 e. The van der Waals surface area contributed by atoms with Crippen LogP contribution in [0.15, 0.2) is 24.3 Å². The molecular weight excluding hydrogens is 230 g/mol. The van der Waals surface area contributed by atoms with Crippen molar-refractivity contribution in [1.29, 1.82) is 0 Å². The highest BCUT2D eigenvalue weighted by molar-refractivity contribution is 5.25. The van der Waals surface area contributed by atoms with Gasteiger partial charge >= 0.3 is 0 Å². The summed E-state index contributed by atoms with van der Waals surface area (Å²) in [4.78, 5) is 0. The van der Waals surface area contributed by atoms with E-state index in [1.54, 1.807) is 0 Å². The lowest BCUT2D eigenvalue weighted by molar-refractivity contribution is 0.444. The quantitative estimate of drug-likeness (QED) is 0.685. The Morgan fingerprint density at radius 2 is 1.63 bits per heavy atom. The van der Waals surface area contributed by atoms with Crippen LogP contribution in [0.1, 0.15) is 71.0 Å². The zero-order chi connectivity index (χ0) is 14.3. The minimum atomic E-state index is 0.444. The van der Waals surface area contributed by atoms with E-state index in [0.717, 1.165) is 5.92 Å². The highest BCUT2D eigenvalue weighted by atomic mass is 14.9. The summed E-state index contributed by atoms with van der Waals surface area (Å²) in [5, 5.41) is 3.69. The monoisotopic (exact) mass is 261 g/mol. The fourth-order valence-corrected chi connectivity index (χ4v) is 2.53. The summed E-state index contributed by atoms with van der Waals surface area (Å²) >= 11 is 0. The van der Waals surface area contributed by atoms with Gasteiger partial charge in [-0.1, -0.05) is 57.9 Å². The summed E-state index contributed by atoms with van der Waals surface area (Å²) < 4.78 is 0. The van der Waals surface area contributed by atoms with E-state index in [0.29, 0.717) is 12.1 Å². The Balaban J connectivity index is 2.50. The van der Waals surface area contributed by atoms with Gasteiger partial charge in [-0.2, -0.15) is 0 Å². The molecule has 0 bridgehead atoms. The topological polar surface area (TPSA) is 12.0 Å². The summed E-state index contributed by atoms with van der Waals surface area (Å²) in [5.74, 6) is 0.732. The first kappa shape index (κ1) is 16.2. The molecule has 0 spiro atoms. The summed E-state index contributed by atoms with van der Waals surface area (Å²) in [5.41, 5.74) is 2.85. The molecule has 0 heterocycles. The maximum Gasteiger partial charge on any atom is 0.0294 e. The normalized spacial score (nSPS) is 14.6. The van der Waals surface area contributed by atoms with Gasteiger partial charge < -0.3 is 5.32 Å². The Kier molecular flexibility index (Phi) is 7.15. The van der Waals surface area contributed by atoms with Gasteiger partial charge in [-0.15, -0.1) is 0 Å². The molecule has 1 aromatic carbocycles. The van der Waals surface area contributed by atoms with E-state index in [9.17, 15) is 0 Å². The van der Waals surface area contributed by atoms with Crippen molar-refractivity contribution in [2.45, 2.75) is 72.4 Å². The molecule has 0 fully saturated rings. The van der Waals surface area contributed by atoms with E-state index in [1.807, 2.05) is 0 Å². The molecule has 1 nitrogen and oxygen atoms in total. The molecule has 1 aromatic rings. The van der Waals surface area contributed by atoms with Gasteiger partial charge in [0.05, 0.1) is 0 Å².